The number of halogens is 1. The van der Waals surface area contributed by atoms with Crippen LogP contribution in [-0.4, -0.2) is 73.1 Å². The minimum atomic E-state index is 0. The number of hydrogen-bond donors (Lipinski definition) is 2. The number of aromatic nitrogens is 1. The average Bonchev–Trinajstić information content (AvgIpc) is 2.95. The number of guanidine groups is 1. The Balaban J connectivity index is 0.00000363. The highest BCUT2D eigenvalue weighted by Gasteiger charge is 2.21. The SMILES string of the molecule is CCNC(=NCC1CCN(Cc2nc(C)c(C)o2)CC1)NCCCN1CCCCCC1.I. The van der Waals surface area contributed by atoms with Crippen molar-refractivity contribution in [3.8, 4) is 0 Å². The van der Waals surface area contributed by atoms with Gasteiger partial charge in [-0.25, -0.2) is 4.98 Å². The summed E-state index contributed by atoms with van der Waals surface area (Å²) in [6, 6.07) is 0. The van der Waals surface area contributed by atoms with Gasteiger partial charge in [0.1, 0.15) is 5.76 Å². The number of piperidine rings is 1. The lowest BCUT2D eigenvalue weighted by Gasteiger charge is -2.30. The van der Waals surface area contributed by atoms with E-state index < -0.39 is 0 Å². The molecule has 2 aliphatic rings. The predicted molar refractivity (Wildman–Crippen MR) is 143 cm³/mol. The van der Waals surface area contributed by atoms with E-state index in [0.717, 1.165) is 62.6 Å². The average molecular weight is 561 g/mol. The van der Waals surface area contributed by atoms with E-state index in [-0.39, 0.29) is 24.0 Å². The van der Waals surface area contributed by atoms with Gasteiger partial charge in [-0.15, -0.1) is 24.0 Å². The highest BCUT2D eigenvalue weighted by Crippen LogP contribution is 2.20. The highest BCUT2D eigenvalue weighted by atomic mass is 127. The molecule has 0 aliphatic carbocycles. The molecule has 3 heterocycles. The van der Waals surface area contributed by atoms with Crippen LogP contribution in [0.2, 0.25) is 0 Å². The van der Waals surface area contributed by atoms with E-state index in [1.807, 2.05) is 13.8 Å². The second kappa shape index (κ2) is 15.1. The van der Waals surface area contributed by atoms with Crippen molar-refractivity contribution in [1.29, 1.82) is 0 Å². The summed E-state index contributed by atoms with van der Waals surface area (Å²) >= 11 is 0. The van der Waals surface area contributed by atoms with Crippen molar-refractivity contribution in [3.05, 3.63) is 17.3 Å². The molecular formula is C24H45IN6O. The Bertz CT molecular complexity index is 644. The number of aliphatic imine (C=N–C) groups is 1. The fourth-order valence-electron chi connectivity index (χ4n) is 4.56. The molecule has 0 unspecified atom stereocenters. The number of nitrogens with zero attached hydrogens (tertiary/aromatic N) is 4. The summed E-state index contributed by atoms with van der Waals surface area (Å²) in [5, 5.41) is 6.96. The zero-order valence-electron chi connectivity index (χ0n) is 20.5. The first-order valence-electron chi connectivity index (χ1n) is 12.5. The number of oxazole rings is 1. The molecule has 3 rings (SSSR count). The molecule has 1 aromatic rings. The van der Waals surface area contributed by atoms with Crippen LogP contribution in [0.15, 0.2) is 9.41 Å². The minimum Gasteiger partial charge on any atom is -0.444 e. The maximum atomic E-state index is 5.75. The Labute approximate surface area is 212 Å². The van der Waals surface area contributed by atoms with Gasteiger partial charge in [0.05, 0.1) is 12.2 Å². The first kappa shape index (κ1) is 27.4. The van der Waals surface area contributed by atoms with Crippen LogP contribution in [0, 0.1) is 19.8 Å². The van der Waals surface area contributed by atoms with Gasteiger partial charge in [0, 0.05) is 19.6 Å². The number of likely N-dealkylation sites (tertiary alicyclic amines) is 2. The first-order chi connectivity index (χ1) is 15.1. The van der Waals surface area contributed by atoms with Crippen LogP contribution < -0.4 is 10.6 Å². The van der Waals surface area contributed by atoms with E-state index in [9.17, 15) is 0 Å². The predicted octanol–water partition coefficient (Wildman–Crippen LogP) is 3.94. The van der Waals surface area contributed by atoms with Gasteiger partial charge >= 0.3 is 0 Å². The number of rotatable bonds is 9. The summed E-state index contributed by atoms with van der Waals surface area (Å²) in [6.45, 7) is 15.7. The van der Waals surface area contributed by atoms with Crippen LogP contribution in [0.3, 0.4) is 0 Å². The van der Waals surface area contributed by atoms with Crippen molar-refractivity contribution in [2.75, 3.05) is 52.4 Å². The third-order valence-corrected chi connectivity index (χ3v) is 6.63. The normalized spacial score (nSPS) is 19.4. The molecule has 2 saturated heterocycles. The van der Waals surface area contributed by atoms with Crippen molar-refractivity contribution < 1.29 is 4.42 Å². The van der Waals surface area contributed by atoms with Gasteiger partial charge in [0.25, 0.3) is 0 Å². The smallest absolute Gasteiger partial charge is 0.208 e. The van der Waals surface area contributed by atoms with Gasteiger partial charge in [0.15, 0.2) is 5.96 Å². The molecule has 2 aliphatic heterocycles. The summed E-state index contributed by atoms with van der Waals surface area (Å²) in [5.41, 5.74) is 1.01. The summed E-state index contributed by atoms with van der Waals surface area (Å²) in [4.78, 5) is 14.5. The van der Waals surface area contributed by atoms with E-state index >= 15 is 0 Å². The highest BCUT2D eigenvalue weighted by molar-refractivity contribution is 14.0. The molecule has 32 heavy (non-hydrogen) atoms. The zero-order chi connectivity index (χ0) is 21.9. The zero-order valence-corrected chi connectivity index (χ0v) is 22.8. The Morgan fingerprint density at radius 2 is 1.75 bits per heavy atom. The summed E-state index contributed by atoms with van der Waals surface area (Å²) < 4.78 is 5.75. The third kappa shape index (κ3) is 9.55. The minimum absolute atomic E-state index is 0. The molecule has 0 atom stereocenters. The molecule has 0 bridgehead atoms. The first-order valence-corrected chi connectivity index (χ1v) is 12.5. The monoisotopic (exact) mass is 560 g/mol. The molecule has 2 fully saturated rings. The molecule has 0 radical (unpaired) electrons. The maximum Gasteiger partial charge on any atom is 0.208 e. The van der Waals surface area contributed by atoms with E-state index in [4.69, 9.17) is 9.41 Å². The van der Waals surface area contributed by atoms with Crippen molar-refractivity contribution >= 4 is 29.9 Å². The molecule has 0 amide bonds. The van der Waals surface area contributed by atoms with E-state index in [0.29, 0.717) is 5.92 Å². The van der Waals surface area contributed by atoms with E-state index in [1.165, 1.54) is 64.6 Å². The van der Waals surface area contributed by atoms with Crippen LogP contribution in [-0.2, 0) is 6.54 Å². The molecule has 2 N–H and O–H groups in total. The quantitative estimate of drug-likeness (QED) is 0.207. The van der Waals surface area contributed by atoms with E-state index in [2.05, 4.69) is 32.3 Å². The fraction of sp³-hybridized carbons (Fsp3) is 0.833. The topological polar surface area (TPSA) is 68.9 Å². The lowest BCUT2D eigenvalue weighted by Crippen LogP contribution is -2.40. The summed E-state index contributed by atoms with van der Waals surface area (Å²) in [5.74, 6) is 3.43. The summed E-state index contributed by atoms with van der Waals surface area (Å²) in [7, 11) is 0. The summed E-state index contributed by atoms with van der Waals surface area (Å²) in [6.07, 6.45) is 9.12. The van der Waals surface area contributed by atoms with Crippen LogP contribution >= 0.6 is 24.0 Å². The molecule has 0 spiro atoms. The maximum absolute atomic E-state index is 5.75. The van der Waals surface area contributed by atoms with Crippen molar-refractivity contribution in [3.63, 3.8) is 0 Å². The largest absolute Gasteiger partial charge is 0.444 e. The van der Waals surface area contributed by atoms with Gasteiger partial charge in [-0.1, -0.05) is 12.8 Å². The lowest BCUT2D eigenvalue weighted by molar-refractivity contribution is 0.166. The van der Waals surface area contributed by atoms with Crippen molar-refractivity contribution in [2.45, 2.75) is 72.3 Å². The van der Waals surface area contributed by atoms with Crippen molar-refractivity contribution in [1.82, 2.24) is 25.4 Å². The molecule has 0 aromatic carbocycles. The Hall–Kier alpha value is -0.870. The Morgan fingerprint density at radius 3 is 2.38 bits per heavy atom. The third-order valence-electron chi connectivity index (χ3n) is 6.63. The molecule has 1 aromatic heterocycles. The Kier molecular flexibility index (Phi) is 12.9. The van der Waals surface area contributed by atoms with Crippen LogP contribution in [0.25, 0.3) is 0 Å². The Morgan fingerprint density at radius 1 is 1.03 bits per heavy atom. The molecule has 184 valence electrons. The van der Waals surface area contributed by atoms with Crippen LogP contribution in [0.4, 0.5) is 0 Å². The molecule has 7 nitrogen and oxygen atoms in total. The van der Waals surface area contributed by atoms with Crippen LogP contribution in [0.1, 0.15) is 69.2 Å². The fourth-order valence-corrected chi connectivity index (χ4v) is 4.56. The van der Waals surface area contributed by atoms with Gasteiger partial charge in [-0.3, -0.25) is 9.89 Å². The molecule has 0 saturated carbocycles. The van der Waals surface area contributed by atoms with Gasteiger partial charge in [0.2, 0.25) is 5.89 Å². The van der Waals surface area contributed by atoms with Crippen LogP contribution in [0.5, 0.6) is 0 Å². The van der Waals surface area contributed by atoms with Gasteiger partial charge in [-0.05, 0) is 91.5 Å². The second-order valence-electron chi connectivity index (χ2n) is 9.22. The molecular weight excluding hydrogens is 515 g/mol. The number of nitrogens with one attached hydrogen (secondary N) is 2. The number of aryl methyl sites for hydroxylation is 2. The van der Waals surface area contributed by atoms with Crippen molar-refractivity contribution in [2.24, 2.45) is 10.9 Å². The molecule has 8 heteroatoms. The number of hydrogen-bond acceptors (Lipinski definition) is 5. The van der Waals surface area contributed by atoms with Gasteiger partial charge in [-0.2, -0.15) is 0 Å². The lowest BCUT2D eigenvalue weighted by atomic mass is 9.97. The van der Waals surface area contributed by atoms with E-state index in [1.54, 1.807) is 0 Å². The standard InChI is InChI=1S/C24H44N6O.HI/c1-4-25-24(26-12-9-15-29-13-7-5-6-8-14-29)27-18-22-10-16-30(17-11-22)19-23-28-20(2)21(3)31-23;/h22H,4-19H2,1-3H3,(H2,25,26,27);1H. The second-order valence-corrected chi connectivity index (χ2v) is 9.22. The van der Waals surface area contributed by atoms with Gasteiger partial charge < -0.3 is 20.0 Å².